The number of methoxy groups -OCH3 is 1. The maximum Gasteiger partial charge on any atom is 0.376 e. The molecule has 0 spiro atoms. The Balaban J connectivity index is 2.25. The summed E-state index contributed by atoms with van der Waals surface area (Å²) in [5, 5.41) is 0. The number of nitrogens with zero attached hydrogens (tertiary/aromatic N) is 3. The predicted octanol–water partition coefficient (Wildman–Crippen LogP) is 1.87. The first-order valence-electron chi connectivity index (χ1n) is 6.65. The van der Waals surface area contributed by atoms with E-state index in [9.17, 15) is 4.79 Å². The van der Waals surface area contributed by atoms with E-state index in [0.29, 0.717) is 12.4 Å². The Morgan fingerprint density at radius 2 is 2.10 bits per heavy atom. The Morgan fingerprint density at radius 1 is 1.33 bits per heavy atom. The molecule has 0 saturated carbocycles. The second-order valence-corrected chi connectivity index (χ2v) is 4.44. The molecule has 0 bridgehead atoms. The molecule has 1 aromatic heterocycles. The van der Waals surface area contributed by atoms with Crippen LogP contribution in [0.15, 0.2) is 36.5 Å². The number of aromatic nitrogens is 2. The molecular formula is C15H18N4O2. The second-order valence-electron chi connectivity index (χ2n) is 4.44. The third-order valence-corrected chi connectivity index (χ3v) is 3.13. The van der Waals surface area contributed by atoms with Crippen LogP contribution in [-0.2, 0) is 11.3 Å². The first-order chi connectivity index (χ1) is 10.2. The van der Waals surface area contributed by atoms with E-state index in [4.69, 9.17) is 5.73 Å². The van der Waals surface area contributed by atoms with E-state index < -0.39 is 5.97 Å². The molecule has 0 saturated heterocycles. The van der Waals surface area contributed by atoms with Crippen molar-refractivity contribution < 1.29 is 9.53 Å². The number of esters is 1. The van der Waals surface area contributed by atoms with Gasteiger partial charge in [0.15, 0.2) is 0 Å². The molecule has 6 heteroatoms. The molecule has 0 unspecified atom stereocenters. The second kappa shape index (κ2) is 6.69. The molecule has 0 aliphatic carbocycles. The predicted molar refractivity (Wildman–Crippen MR) is 80.9 cm³/mol. The van der Waals surface area contributed by atoms with Crippen molar-refractivity contribution in [2.75, 3.05) is 24.3 Å². The lowest BCUT2D eigenvalue weighted by molar-refractivity contribution is 0.0587. The lowest BCUT2D eigenvalue weighted by Crippen LogP contribution is -2.24. The van der Waals surface area contributed by atoms with Crippen LogP contribution in [0.2, 0.25) is 0 Å². The van der Waals surface area contributed by atoms with Gasteiger partial charge in [0.05, 0.1) is 7.11 Å². The molecule has 2 rings (SSSR count). The fourth-order valence-electron chi connectivity index (χ4n) is 1.95. The fraction of sp³-hybridized carbons (Fsp3) is 0.267. The summed E-state index contributed by atoms with van der Waals surface area (Å²) < 4.78 is 4.64. The van der Waals surface area contributed by atoms with E-state index in [2.05, 4.69) is 14.7 Å². The van der Waals surface area contributed by atoms with Crippen molar-refractivity contribution in [3.8, 4) is 0 Å². The third-order valence-electron chi connectivity index (χ3n) is 3.13. The first kappa shape index (κ1) is 14.8. The highest BCUT2D eigenvalue weighted by molar-refractivity contribution is 5.85. The standard InChI is InChI=1S/C15H18N4O2/c1-3-19(10-11-6-4-5-7-12(11)16)13-8-9-17-14(18-13)15(20)21-2/h4-9H,3,10,16H2,1-2H3. The molecule has 21 heavy (non-hydrogen) atoms. The summed E-state index contributed by atoms with van der Waals surface area (Å²) >= 11 is 0. The monoisotopic (exact) mass is 286 g/mol. The van der Waals surface area contributed by atoms with Gasteiger partial charge in [0.1, 0.15) is 5.82 Å². The molecule has 1 heterocycles. The number of hydrogen-bond donors (Lipinski definition) is 1. The van der Waals surface area contributed by atoms with E-state index in [1.54, 1.807) is 12.3 Å². The zero-order chi connectivity index (χ0) is 15.2. The van der Waals surface area contributed by atoms with Gasteiger partial charge in [-0.05, 0) is 24.6 Å². The van der Waals surface area contributed by atoms with Gasteiger partial charge < -0.3 is 15.4 Å². The summed E-state index contributed by atoms with van der Waals surface area (Å²) in [6, 6.07) is 9.44. The van der Waals surface area contributed by atoms with Crippen LogP contribution in [0.3, 0.4) is 0 Å². The van der Waals surface area contributed by atoms with Crippen LogP contribution >= 0.6 is 0 Å². The maximum atomic E-state index is 11.5. The summed E-state index contributed by atoms with van der Waals surface area (Å²) in [4.78, 5) is 21.7. The minimum Gasteiger partial charge on any atom is -0.463 e. The molecule has 110 valence electrons. The van der Waals surface area contributed by atoms with Crippen LogP contribution in [0.5, 0.6) is 0 Å². The highest BCUT2D eigenvalue weighted by atomic mass is 16.5. The van der Waals surface area contributed by atoms with E-state index in [0.717, 1.165) is 17.8 Å². The Kier molecular flexibility index (Phi) is 4.71. The summed E-state index contributed by atoms with van der Waals surface area (Å²) in [5.41, 5.74) is 7.71. The minimum atomic E-state index is -0.549. The van der Waals surface area contributed by atoms with Crippen LogP contribution in [0.25, 0.3) is 0 Å². The third kappa shape index (κ3) is 3.47. The Morgan fingerprint density at radius 3 is 2.76 bits per heavy atom. The van der Waals surface area contributed by atoms with Gasteiger partial charge in [-0.1, -0.05) is 18.2 Å². The number of benzene rings is 1. The molecular weight excluding hydrogens is 268 g/mol. The van der Waals surface area contributed by atoms with Gasteiger partial charge in [0, 0.05) is 25.0 Å². The topological polar surface area (TPSA) is 81.3 Å². The number of carbonyl (C=O) groups excluding carboxylic acids is 1. The van der Waals surface area contributed by atoms with Crippen molar-refractivity contribution in [2.45, 2.75) is 13.5 Å². The number of carbonyl (C=O) groups is 1. The molecule has 0 fully saturated rings. The van der Waals surface area contributed by atoms with Crippen LogP contribution in [-0.4, -0.2) is 29.6 Å². The number of nitrogens with two attached hydrogens (primary N) is 1. The zero-order valence-corrected chi connectivity index (χ0v) is 12.1. The van der Waals surface area contributed by atoms with Crippen LogP contribution in [0, 0.1) is 0 Å². The highest BCUT2D eigenvalue weighted by Crippen LogP contribution is 2.18. The molecule has 2 aromatic rings. The molecule has 0 amide bonds. The van der Waals surface area contributed by atoms with Gasteiger partial charge >= 0.3 is 5.97 Å². The number of ether oxygens (including phenoxy) is 1. The molecule has 1 aromatic carbocycles. The average molecular weight is 286 g/mol. The summed E-state index contributed by atoms with van der Waals surface area (Å²) in [6.45, 7) is 3.35. The molecule has 0 radical (unpaired) electrons. The summed E-state index contributed by atoms with van der Waals surface area (Å²) in [5.74, 6) is 0.165. The molecule has 0 aliphatic heterocycles. The SMILES string of the molecule is CCN(Cc1ccccc1N)c1ccnc(C(=O)OC)n1. The number of para-hydroxylation sites is 1. The maximum absolute atomic E-state index is 11.5. The average Bonchev–Trinajstić information content (AvgIpc) is 2.53. The first-order valence-corrected chi connectivity index (χ1v) is 6.65. The smallest absolute Gasteiger partial charge is 0.376 e. The number of rotatable bonds is 5. The Hall–Kier alpha value is -2.63. The number of nitrogen functional groups attached to an aromatic ring is 1. The highest BCUT2D eigenvalue weighted by Gasteiger charge is 2.13. The molecule has 0 aliphatic rings. The van der Waals surface area contributed by atoms with Crippen LogP contribution in [0.1, 0.15) is 23.1 Å². The van der Waals surface area contributed by atoms with Crippen molar-refractivity contribution >= 4 is 17.5 Å². The molecule has 2 N–H and O–H groups in total. The molecule has 0 atom stereocenters. The van der Waals surface area contributed by atoms with Gasteiger partial charge in [-0.3, -0.25) is 0 Å². The quantitative estimate of drug-likeness (QED) is 0.667. The van der Waals surface area contributed by atoms with Crippen LogP contribution < -0.4 is 10.6 Å². The van der Waals surface area contributed by atoms with Gasteiger partial charge in [0.2, 0.25) is 5.82 Å². The van der Waals surface area contributed by atoms with E-state index in [1.807, 2.05) is 36.1 Å². The van der Waals surface area contributed by atoms with Crippen molar-refractivity contribution in [1.29, 1.82) is 0 Å². The van der Waals surface area contributed by atoms with Gasteiger partial charge in [-0.15, -0.1) is 0 Å². The van der Waals surface area contributed by atoms with Crippen molar-refractivity contribution in [3.63, 3.8) is 0 Å². The zero-order valence-electron chi connectivity index (χ0n) is 12.1. The lowest BCUT2D eigenvalue weighted by Gasteiger charge is -2.22. The fourth-order valence-corrected chi connectivity index (χ4v) is 1.95. The number of hydrogen-bond acceptors (Lipinski definition) is 6. The number of anilines is 2. The summed E-state index contributed by atoms with van der Waals surface area (Å²) in [7, 11) is 1.31. The minimum absolute atomic E-state index is 0.0504. The van der Waals surface area contributed by atoms with Gasteiger partial charge in [0.25, 0.3) is 0 Å². The largest absolute Gasteiger partial charge is 0.463 e. The van der Waals surface area contributed by atoms with E-state index in [1.165, 1.54) is 7.11 Å². The summed E-state index contributed by atoms with van der Waals surface area (Å²) in [6.07, 6.45) is 1.55. The normalized spacial score (nSPS) is 10.2. The van der Waals surface area contributed by atoms with Gasteiger partial charge in [-0.25, -0.2) is 14.8 Å². The van der Waals surface area contributed by atoms with E-state index in [-0.39, 0.29) is 5.82 Å². The van der Waals surface area contributed by atoms with Crippen LogP contribution in [0.4, 0.5) is 11.5 Å². The lowest BCUT2D eigenvalue weighted by atomic mass is 10.1. The van der Waals surface area contributed by atoms with Gasteiger partial charge in [-0.2, -0.15) is 0 Å². The van der Waals surface area contributed by atoms with E-state index >= 15 is 0 Å². The van der Waals surface area contributed by atoms with Crippen molar-refractivity contribution in [1.82, 2.24) is 9.97 Å². The van der Waals surface area contributed by atoms with Crippen molar-refractivity contribution in [3.05, 3.63) is 47.9 Å². The Bertz CT molecular complexity index is 631. The van der Waals surface area contributed by atoms with Crippen molar-refractivity contribution in [2.24, 2.45) is 0 Å². The molecule has 6 nitrogen and oxygen atoms in total. The Labute approximate surface area is 123 Å².